The van der Waals surface area contributed by atoms with Gasteiger partial charge in [-0.25, -0.2) is 4.98 Å². The smallest absolute Gasteiger partial charge is 0.224 e. The zero-order chi connectivity index (χ0) is 17.8. The Morgan fingerprint density at radius 2 is 2.20 bits per heavy atom. The van der Waals surface area contributed by atoms with Crippen molar-refractivity contribution in [2.75, 3.05) is 32.1 Å². The molecule has 1 aliphatic rings. The van der Waals surface area contributed by atoms with Crippen LogP contribution in [0.25, 0.3) is 11.0 Å². The summed E-state index contributed by atoms with van der Waals surface area (Å²) >= 11 is 0. The molecular weight excluding hydrogens is 316 g/mol. The monoisotopic (exact) mass is 344 g/mol. The van der Waals surface area contributed by atoms with E-state index in [4.69, 9.17) is 9.72 Å². The van der Waals surface area contributed by atoms with Crippen molar-refractivity contribution in [2.45, 2.75) is 39.8 Å². The van der Waals surface area contributed by atoms with Crippen LogP contribution in [0.3, 0.4) is 0 Å². The molecule has 0 unspecified atom stereocenters. The number of fused-ring (bicyclic) bond motifs is 3. The fourth-order valence-electron chi connectivity index (χ4n) is 3.35. The Hall–Kier alpha value is -1.92. The van der Waals surface area contributed by atoms with Crippen LogP contribution in [0.15, 0.2) is 18.2 Å². The lowest BCUT2D eigenvalue weighted by Gasteiger charge is -2.27. The molecule has 1 amide bonds. The average molecular weight is 344 g/mol. The normalized spacial score (nSPS) is 14.9. The standard InChI is InChI=1S/C19H28N4O2/c1-14(2)11-19(24)20-15-5-6-17-16(12-15)21-18-13-22(7-4-10-25-3)8-9-23(17)18/h5-6,12,14H,4,7-11,13H2,1-3H3,(H,20,24). The second-order valence-corrected chi connectivity index (χ2v) is 7.15. The zero-order valence-corrected chi connectivity index (χ0v) is 15.4. The van der Waals surface area contributed by atoms with Crippen LogP contribution in [0.2, 0.25) is 0 Å². The number of benzene rings is 1. The number of amides is 1. The number of carbonyl (C=O) groups excluding carboxylic acids is 1. The number of rotatable bonds is 7. The van der Waals surface area contributed by atoms with Crippen LogP contribution in [0.4, 0.5) is 5.69 Å². The molecule has 1 aliphatic heterocycles. The lowest BCUT2D eigenvalue weighted by Crippen LogP contribution is -2.34. The first kappa shape index (κ1) is 17.9. The van der Waals surface area contributed by atoms with Crippen LogP contribution < -0.4 is 5.32 Å². The van der Waals surface area contributed by atoms with E-state index >= 15 is 0 Å². The molecule has 0 fully saturated rings. The second kappa shape index (κ2) is 7.97. The van der Waals surface area contributed by atoms with E-state index < -0.39 is 0 Å². The Morgan fingerprint density at radius 1 is 1.36 bits per heavy atom. The Bertz CT molecular complexity index is 738. The van der Waals surface area contributed by atoms with Gasteiger partial charge in [0.05, 0.1) is 17.6 Å². The van der Waals surface area contributed by atoms with Crippen molar-refractivity contribution in [1.82, 2.24) is 14.5 Å². The first-order chi connectivity index (χ1) is 12.1. The van der Waals surface area contributed by atoms with E-state index in [0.29, 0.717) is 12.3 Å². The number of nitrogens with zero attached hydrogens (tertiary/aromatic N) is 3. The molecule has 2 heterocycles. The summed E-state index contributed by atoms with van der Waals surface area (Å²) in [6.45, 7) is 8.79. The van der Waals surface area contributed by atoms with E-state index in [-0.39, 0.29) is 5.91 Å². The average Bonchev–Trinajstić information content (AvgIpc) is 2.91. The Labute approximate surface area is 149 Å². The predicted octanol–water partition coefficient (Wildman–Crippen LogP) is 2.87. The van der Waals surface area contributed by atoms with E-state index in [2.05, 4.69) is 20.9 Å². The fraction of sp³-hybridized carbons (Fsp3) is 0.579. The molecule has 0 spiro atoms. The van der Waals surface area contributed by atoms with Crippen molar-refractivity contribution in [3.63, 3.8) is 0 Å². The van der Waals surface area contributed by atoms with Gasteiger partial charge in [-0.2, -0.15) is 0 Å². The molecule has 0 saturated carbocycles. The molecule has 1 aromatic heterocycles. The van der Waals surface area contributed by atoms with Gasteiger partial charge in [0.2, 0.25) is 5.91 Å². The second-order valence-electron chi connectivity index (χ2n) is 7.15. The van der Waals surface area contributed by atoms with Gasteiger partial charge in [-0.15, -0.1) is 0 Å². The number of imidazole rings is 1. The van der Waals surface area contributed by atoms with Crippen molar-refractivity contribution in [3.05, 3.63) is 24.0 Å². The van der Waals surface area contributed by atoms with Crippen LogP contribution >= 0.6 is 0 Å². The van der Waals surface area contributed by atoms with Crippen molar-refractivity contribution in [3.8, 4) is 0 Å². The predicted molar refractivity (Wildman–Crippen MR) is 99.6 cm³/mol. The van der Waals surface area contributed by atoms with E-state index in [1.165, 1.54) is 0 Å². The van der Waals surface area contributed by atoms with Gasteiger partial charge in [0.1, 0.15) is 5.82 Å². The summed E-state index contributed by atoms with van der Waals surface area (Å²) in [5.74, 6) is 1.51. The molecule has 25 heavy (non-hydrogen) atoms. The summed E-state index contributed by atoms with van der Waals surface area (Å²) in [6, 6.07) is 6.02. The molecule has 0 radical (unpaired) electrons. The van der Waals surface area contributed by atoms with Gasteiger partial charge >= 0.3 is 0 Å². The SMILES string of the molecule is COCCCN1CCn2c(nc3cc(NC(=O)CC(C)C)ccc32)C1. The Kier molecular flexibility index (Phi) is 5.71. The van der Waals surface area contributed by atoms with Crippen LogP contribution in [0.1, 0.15) is 32.5 Å². The maximum absolute atomic E-state index is 12.0. The van der Waals surface area contributed by atoms with Crippen molar-refractivity contribution < 1.29 is 9.53 Å². The quantitative estimate of drug-likeness (QED) is 0.785. The van der Waals surface area contributed by atoms with Crippen LogP contribution in [0, 0.1) is 5.92 Å². The summed E-state index contributed by atoms with van der Waals surface area (Å²) in [7, 11) is 1.74. The minimum Gasteiger partial charge on any atom is -0.385 e. The molecule has 6 nitrogen and oxygen atoms in total. The summed E-state index contributed by atoms with van der Waals surface area (Å²) in [5.41, 5.74) is 2.93. The highest BCUT2D eigenvalue weighted by Crippen LogP contribution is 2.24. The number of methoxy groups -OCH3 is 1. The molecule has 3 rings (SSSR count). The highest BCUT2D eigenvalue weighted by Gasteiger charge is 2.20. The molecule has 1 aromatic carbocycles. The molecule has 1 N–H and O–H groups in total. The minimum atomic E-state index is 0.0580. The van der Waals surface area contributed by atoms with Gasteiger partial charge in [-0.3, -0.25) is 9.69 Å². The molecule has 136 valence electrons. The molecule has 0 saturated heterocycles. The van der Waals surface area contributed by atoms with Crippen molar-refractivity contribution >= 4 is 22.6 Å². The lowest BCUT2D eigenvalue weighted by atomic mass is 10.1. The number of aromatic nitrogens is 2. The molecular formula is C19H28N4O2. The number of ether oxygens (including phenoxy) is 1. The Morgan fingerprint density at radius 3 is 2.96 bits per heavy atom. The largest absolute Gasteiger partial charge is 0.385 e. The van der Waals surface area contributed by atoms with Gasteiger partial charge in [0, 0.05) is 45.5 Å². The van der Waals surface area contributed by atoms with Gasteiger partial charge < -0.3 is 14.6 Å². The molecule has 0 aliphatic carbocycles. The highest BCUT2D eigenvalue weighted by molar-refractivity contribution is 5.93. The molecule has 6 heteroatoms. The zero-order valence-electron chi connectivity index (χ0n) is 15.4. The fourth-order valence-corrected chi connectivity index (χ4v) is 3.35. The number of nitrogens with one attached hydrogen (secondary N) is 1. The van der Waals surface area contributed by atoms with Crippen molar-refractivity contribution in [1.29, 1.82) is 0 Å². The maximum Gasteiger partial charge on any atom is 0.224 e. The number of hydrogen-bond donors (Lipinski definition) is 1. The van der Waals surface area contributed by atoms with Gasteiger partial charge in [-0.1, -0.05) is 13.8 Å². The number of anilines is 1. The van der Waals surface area contributed by atoms with Crippen LogP contribution in [-0.2, 0) is 22.6 Å². The lowest BCUT2D eigenvalue weighted by molar-refractivity contribution is -0.116. The van der Waals surface area contributed by atoms with E-state index in [1.54, 1.807) is 7.11 Å². The molecule has 0 bridgehead atoms. The first-order valence-electron chi connectivity index (χ1n) is 9.07. The maximum atomic E-state index is 12.0. The van der Waals surface area contributed by atoms with Gasteiger partial charge in [0.15, 0.2) is 0 Å². The van der Waals surface area contributed by atoms with E-state index in [0.717, 1.165) is 61.8 Å². The third-order valence-electron chi connectivity index (χ3n) is 4.53. The Balaban J connectivity index is 1.71. The third kappa shape index (κ3) is 4.38. The summed E-state index contributed by atoms with van der Waals surface area (Å²) in [4.78, 5) is 19.2. The number of carbonyl (C=O) groups is 1. The number of hydrogen-bond acceptors (Lipinski definition) is 4. The minimum absolute atomic E-state index is 0.0580. The van der Waals surface area contributed by atoms with Crippen LogP contribution in [0.5, 0.6) is 0 Å². The third-order valence-corrected chi connectivity index (χ3v) is 4.53. The topological polar surface area (TPSA) is 59.4 Å². The summed E-state index contributed by atoms with van der Waals surface area (Å²) in [5, 5.41) is 2.98. The van der Waals surface area contributed by atoms with Crippen molar-refractivity contribution in [2.24, 2.45) is 5.92 Å². The molecule has 0 atom stereocenters. The highest BCUT2D eigenvalue weighted by atomic mass is 16.5. The van der Waals surface area contributed by atoms with Gasteiger partial charge in [-0.05, 0) is 30.5 Å². The summed E-state index contributed by atoms with van der Waals surface area (Å²) in [6.07, 6.45) is 1.58. The first-order valence-corrected chi connectivity index (χ1v) is 9.07. The van der Waals surface area contributed by atoms with E-state index in [1.807, 2.05) is 26.0 Å². The van der Waals surface area contributed by atoms with E-state index in [9.17, 15) is 4.79 Å². The summed E-state index contributed by atoms with van der Waals surface area (Å²) < 4.78 is 7.43. The van der Waals surface area contributed by atoms with Crippen LogP contribution in [-0.4, -0.2) is 47.2 Å². The van der Waals surface area contributed by atoms with Gasteiger partial charge in [0.25, 0.3) is 0 Å². The molecule has 2 aromatic rings.